The lowest BCUT2D eigenvalue weighted by molar-refractivity contribution is -0.136. The molecule has 0 saturated heterocycles. The molecule has 0 aliphatic heterocycles. The van der Waals surface area contributed by atoms with Gasteiger partial charge >= 0.3 is 5.97 Å². The Morgan fingerprint density at radius 1 is 1.03 bits per heavy atom. The van der Waals surface area contributed by atoms with E-state index in [1.807, 2.05) is 18.4 Å². The molecule has 0 heterocycles. The molecule has 7 heteroatoms. The van der Waals surface area contributed by atoms with Crippen LogP contribution in [0.5, 0.6) is 11.5 Å². The summed E-state index contributed by atoms with van der Waals surface area (Å²) in [6.07, 6.45) is 1.88. The second-order valence-corrected chi connectivity index (χ2v) is 7.43. The minimum atomic E-state index is -0.924. The smallest absolute Gasteiger partial charge is 0.307 e. The van der Waals surface area contributed by atoms with Crippen LogP contribution < -0.4 is 10.1 Å². The predicted molar refractivity (Wildman–Crippen MR) is 115 cm³/mol. The highest BCUT2D eigenvalue weighted by atomic mass is 35.5. The maximum Gasteiger partial charge on any atom is 0.307 e. The number of amides is 1. The number of thioether (sulfide) groups is 1. The molecule has 0 atom stereocenters. The molecule has 5 nitrogen and oxygen atoms in total. The van der Waals surface area contributed by atoms with Crippen LogP contribution in [0.4, 0.5) is 5.69 Å². The van der Waals surface area contributed by atoms with Gasteiger partial charge in [0.2, 0.25) is 0 Å². The Morgan fingerprint density at radius 2 is 1.72 bits per heavy atom. The lowest BCUT2D eigenvalue weighted by Gasteiger charge is -2.10. The number of carbonyl (C=O) groups excluding carboxylic acids is 1. The summed E-state index contributed by atoms with van der Waals surface area (Å²) < 4.78 is 5.74. The molecule has 29 heavy (non-hydrogen) atoms. The quantitative estimate of drug-likeness (QED) is 0.470. The third kappa shape index (κ3) is 5.76. The van der Waals surface area contributed by atoms with Gasteiger partial charge in [-0.3, -0.25) is 9.59 Å². The fraction of sp³-hybridized carbons (Fsp3) is 0.0909. The van der Waals surface area contributed by atoms with Crippen molar-refractivity contribution in [3.63, 3.8) is 0 Å². The zero-order valence-corrected chi connectivity index (χ0v) is 17.1. The average Bonchev–Trinajstić information content (AvgIpc) is 2.71. The van der Waals surface area contributed by atoms with Gasteiger partial charge in [-0.1, -0.05) is 17.7 Å². The van der Waals surface area contributed by atoms with Crippen LogP contribution in [-0.4, -0.2) is 23.2 Å². The zero-order valence-electron chi connectivity index (χ0n) is 15.5. The topological polar surface area (TPSA) is 75.6 Å². The standard InChI is InChI=1S/C22H18ClNO4S/c1-29-18-9-3-15(4-10-18)22(27)24-16-5-7-17(8-6-16)28-20-11-2-14(12-19(20)23)13-21(25)26/h2-12H,13H2,1H3,(H,24,27)(H,25,26). The van der Waals surface area contributed by atoms with E-state index in [1.165, 1.54) is 0 Å². The van der Waals surface area contributed by atoms with Crippen molar-refractivity contribution in [3.8, 4) is 11.5 Å². The number of carbonyl (C=O) groups is 2. The molecule has 0 aliphatic rings. The van der Waals surface area contributed by atoms with Gasteiger partial charge in [0.15, 0.2) is 0 Å². The van der Waals surface area contributed by atoms with E-state index in [0.29, 0.717) is 33.3 Å². The monoisotopic (exact) mass is 427 g/mol. The molecule has 0 aliphatic carbocycles. The van der Waals surface area contributed by atoms with Gasteiger partial charge in [-0.15, -0.1) is 11.8 Å². The van der Waals surface area contributed by atoms with Gasteiger partial charge in [0, 0.05) is 16.1 Å². The van der Waals surface area contributed by atoms with Crippen molar-refractivity contribution in [1.82, 2.24) is 0 Å². The Morgan fingerprint density at radius 3 is 2.31 bits per heavy atom. The van der Waals surface area contributed by atoms with Crippen LogP contribution in [0.25, 0.3) is 0 Å². The highest BCUT2D eigenvalue weighted by Gasteiger charge is 2.09. The van der Waals surface area contributed by atoms with E-state index in [1.54, 1.807) is 66.4 Å². The zero-order chi connectivity index (χ0) is 20.8. The number of carboxylic acid groups (broad SMARTS) is 1. The number of hydrogen-bond donors (Lipinski definition) is 2. The number of carboxylic acids is 1. The summed E-state index contributed by atoms with van der Waals surface area (Å²) in [5.74, 6) is -0.150. The number of aliphatic carboxylic acids is 1. The van der Waals surface area contributed by atoms with Gasteiger partial charge in [0.1, 0.15) is 11.5 Å². The third-order valence-corrected chi connectivity index (χ3v) is 5.08. The van der Waals surface area contributed by atoms with E-state index in [9.17, 15) is 9.59 Å². The fourth-order valence-corrected chi connectivity index (χ4v) is 3.24. The molecule has 148 valence electrons. The number of halogens is 1. The number of hydrogen-bond acceptors (Lipinski definition) is 4. The molecule has 0 bridgehead atoms. The minimum Gasteiger partial charge on any atom is -0.481 e. The summed E-state index contributed by atoms with van der Waals surface area (Å²) in [5.41, 5.74) is 1.81. The molecule has 0 fully saturated rings. The molecule has 0 saturated carbocycles. The average molecular weight is 428 g/mol. The Bertz CT molecular complexity index is 1020. The molecular weight excluding hydrogens is 410 g/mol. The van der Waals surface area contributed by atoms with Crippen LogP contribution in [0.1, 0.15) is 15.9 Å². The van der Waals surface area contributed by atoms with Gasteiger partial charge < -0.3 is 15.2 Å². The molecule has 3 aromatic rings. The van der Waals surface area contributed by atoms with Crippen molar-refractivity contribution >= 4 is 40.9 Å². The van der Waals surface area contributed by atoms with E-state index in [2.05, 4.69) is 5.32 Å². The number of benzene rings is 3. The maximum atomic E-state index is 12.3. The number of nitrogens with one attached hydrogen (secondary N) is 1. The van der Waals surface area contributed by atoms with E-state index in [-0.39, 0.29) is 12.3 Å². The van der Waals surface area contributed by atoms with Gasteiger partial charge in [-0.05, 0) is 72.5 Å². The molecular formula is C22H18ClNO4S. The van der Waals surface area contributed by atoms with Crippen LogP contribution in [0.15, 0.2) is 71.6 Å². The van der Waals surface area contributed by atoms with Crippen molar-refractivity contribution in [2.45, 2.75) is 11.3 Å². The first-order chi connectivity index (χ1) is 13.9. The van der Waals surface area contributed by atoms with Crippen molar-refractivity contribution < 1.29 is 19.4 Å². The Labute approximate surface area is 177 Å². The van der Waals surface area contributed by atoms with Gasteiger partial charge in [-0.25, -0.2) is 0 Å². The highest BCUT2D eigenvalue weighted by Crippen LogP contribution is 2.31. The van der Waals surface area contributed by atoms with Crippen LogP contribution in [0.2, 0.25) is 5.02 Å². The van der Waals surface area contributed by atoms with Crippen molar-refractivity contribution in [3.05, 3.63) is 82.9 Å². The van der Waals surface area contributed by atoms with Gasteiger partial charge in [0.25, 0.3) is 5.91 Å². The minimum absolute atomic E-state index is 0.103. The summed E-state index contributed by atoms with van der Waals surface area (Å²) in [7, 11) is 0. The molecule has 3 aromatic carbocycles. The molecule has 3 rings (SSSR count). The predicted octanol–water partition coefficient (Wildman–Crippen LogP) is 5.73. The molecule has 2 N–H and O–H groups in total. The highest BCUT2D eigenvalue weighted by molar-refractivity contribution is 7.98. The SMILES string of the molecule is CSc1ccc(C(=O)Nc2ccc(Oc3ccc(CC(=O)O)cc3Cl)cc2)cc1. The number of ether oxygens (including phenoxy) is 1. The maximum absolute atomic E-state index is 12.3. The molecule has 0 spiro atoms. The molecule has 1 amide bonds. The van der Waals surface area contributed by atoms with Crippen LogP contribution in [0, 0.1) is 0 Å². The number of anilines is 1. The van der Waals surface area contributed by atoms with Gasteiger partial charge in [0.05, 0.1) is 11.4 Å². The first kappa shape index (κ1) is 20.8. The fourth-order valence-electron chi connectivity index (χ4n) is 2.59. The largest absolute Gasteiger partial charge is 0.481 e. The first-order valence-electron chi connectivity index (χ1n) is 8.68. The van der Waals surface area contributed by atoms with Crippen molar-refractivity contribution in [2.75, 3.05) is 11.6 Å². The van der Waals surface area contributed by atoms with Crippen molar-refractivity contribution in [2.24, 2.45) is 0 Å². The van der Waals surface area contributed by atoms with E-state index in [0.717, 1.165) is 4.90 Å². The van der Waals surface area contributed by atoms with Crippen LogP contribution in [-0.2, 0) is 11.2 Å². The Balaban J connectivity index is 1.64. The second kappa shape index (κ2) is 9.49. The normalized spacial score (nSPS) is 10.4. The van der Waals surface area contributed by atoms with E-state index in [4.69, 9.17) is 21.4 Å². The second-order valence-electron chi connectivity index (χ2n) is 6.14. The third-order valence-electron chi connectivity index (χ3n) is 4.04. The summed E-state index contributed by atoms with van der Waals surface area (Å²) in [5, 5.41) is 12.0. The lowest BCUT2D eigenvalue weighted by Crippen LogP contribution is -2.11. The molecule has 0 radical (unpaired) electrons. The summed E-state index contributed by atoms with van der Waals surface area (Å²) in [6, 6.07) is 19.1. The molecule has 0 aromatic heterocycles. The number of rotatable bonds is 7. The first-order valence-corrected chi connectivity index (χ1v) is 10.3. The Hall–Kier alpha value is -2.96. The van der Waals surface area contributed by atoms with Crippen LogP contribution >= 0.6 is 23.4 Å². The molecule has 0 unspecified atom stereocenters. The summed E-state index contributed by atoms with van der Waals surface area (Å²) >= 11 is 7.79. The lowest BCUT2D eigenvalue weighted by atomic mass is 10.1. The van der Waals surface area contributed by atoms with E-state index >= 15 is 0 Å². The summed E-state index contributed by atoms with van der Waals surface area (Å²) in [4.78, 5) is 24.2. The van der Waals surface area contributed by atoms with Gasteiger partial charge in [-0.2, -0.15) is 0 Å². The Kier molecular flexibility index (Phi) is 6.80. The van der Waals surface area contributed by atoms with E-state index < -0.39 is 5.97 Å². The van der Waals surface area contributed by atoms with Crippen molar-refractivity contribution in [1.29, 1.82) is 0 Å². The van der Waals surface area contributed by atoms with Crippen LogP contribution in [0.3, 0.4) is 0 Å². The summed E-state index contributed by atoms with van der Waals surface area (Å²) in [6.45, 7) is 0.